The van der Waals surface area contributed by atoms with Crippen LogP contribution in [0.1, 0.15) is 23.6 Å². The van der Waals surface area contributed by atoms with Gasteiger partial charge >= 0.3 is 0 Å². The molecule has 4 aliphatic rings. The smallest absolute Gasteiger partial charge is 0.250 e. The fourth-order valence-electron chi connectivity index (χ4n) is 6.47. The van der Waals surface area contributed by atoms with Crippen molar-refractivity contribution >= 4 is 29.1 Å². The summed E-state index contributed by atoms with van der Waals surface area (Å²) in [6, 6.07) is 14.4. The van der Waals surface area contributed by atoms with Gasteiger partial charge in [-0.3, -0.25) is 19.7 Å². The van der Waals surface area contributed by atoms with Gasteiger partial charge in [-0.25, -0.2) is 4.90 Å². The Bertz CT molecular complexity index is 1590. The molecule has 7 rings (SSSR count). The van der Waals surface area contributed by atoms with E-state index in [-0.39, 0.29) is 30.6 Å². The minimum atomic E-state index is -1.45. The Morgan fingerprint density at radius 2 is 1.72 bits per heavy atom. The molecule has 4 atom stereocenters. The maximum atomic E-state index is 14.2. The van der Waals surface area contributed by atoms with Crippen molar-refractivity contribution in [3.05, 3.63) is 71.3 Å². The van der Waals surface area contributed by atoms with Gasteiger partial charge in [-0.2, -0.15) is 0 Å². The molecule has 2 fully saturated rings. The SMILES string of the molecule is CCc1ccc2c(c1)[C@]1(N[C@H](Cc3ccc(O)c(O)c3)[C@H]3C(=O)N(c4ccc5c(c4)OCO5)C(=O)[C@@H]31)C(=O)N2. The molecular weight excluding hydrogens is 502 g/mol. The van der Waals surface area contributed by atoms with Gasteiger partial charge in [-0.15, -0.1) is 0 Å². The molecule has 1 spiro atoms. The van der Waals surface area contributed by atoms with Gasteiger partial charge < -0.3 is 25.0 Å². The molecule has 3 aromatic rings. The predicted molar refractivity (Wildman–Crippen MR) is 139 cm³/mol. The van der Waals surface area contributed by atoms with Crippen LogP contribution >= 0.6 is 0 Å². The predicted octanol–water partition coefficient (Wildman–Crippen LogP) is 2.56. The van der Waals surface area contributed by atoms with Crippen LogP contribution in [0.3, 0.4) is 0 Å². The number of phenols is 2. The average Bonchev–Trinajstić information content (AvgIpc) is 3.65. The number of amides is 3. The number of hydrogen-bond acceptors (Lipinski definition) is 8. The van der Waals surface area contributed by atoms with Crippen LogP contribution in [0.4, 0.5) is 11.4 Å². The third kappa shape index (κ3) is 3.21. The molecule has 0 aromatic heterocycles. The van der Waals surface area contributed by atoms with E-state index < -0.39 is 35.2 Å². The van der Waals surface area contributed by atoms with Crippen molar-refractivity contribution in [2.24, 2.45) is 11.8 Å². The van der Waals surface area contributed by atoms with Gasteiger partial charge in [0, 0.05) is 23.4 Å². The number of nitrogens with one attached hydrogen (secondary N) is 2. The van der Waals surface area contributed by atoms with Gasteiger partial charge in [0.2, 0.25) is 24.5 Å². The molecular formula is C29H25N3O7. The monoisotopic (exact) mass is 527 g/mol. The maximum Gasteiger partial charge on any atom is 0.250 e. The zero-order valence-corrected chi connectivity index (χ0v) is 20.9. The minimum absolute atomic E-state index is 0.0528. The number of ether oxygens (including phenoxy) is 2. The largest absolute Gasteiger partial charge is 0.504 e. The molecule has 0 bridgehead atoms. The summed E-state index contributed by atoms with van der Waals surface area (Å²) in [5.41, 5.74) is 1.79. The summed E-state index contributed by atoms with van der Waals surface area (Å²) in [5.74, 6) is -2.73. The van der Waals surface area contributed by atoms with Crippen LogP contribution in [-0.4, -0.2) is 40.8 Å². The molecule has 0 unspecified atom stereocenters. The van der Waals surface area contributed by atoms with Gasteiger partial charge in [-0.05, 0) is 54.3 Å². The van der Waals surface area contributed by atoms with E-state index in [9.17, 15) is 24.6 Å². The summed E-state index contributed by atoms with van der Waals surface area (Å²) in [6.07, 6.45) is 0.971. The number of nitrogens with zero attached hydrogens (tertiary/aromatic N) is 1. The first kappa shape index (κ1) is 23.5. The molecule has 0 radical (unpaired) electrons. The van der Waals surface area contributed by atoms with E-state index in [0.717, 1.165) is 16.9 Å². The Morgan fingerprint density at radius 3 is 2.51 bits per heavy atom. The molecule has 39 heavy (non-hydrogen) atoms. The highest BCUT2D eigenvalue weighted by Gasteiger charge is 2.70. The fourth-order valence-corrected chi connectivity index (χ4v) is 6.47. The van der Waals surface area contributed by atoms with E-state index in [2.05, 4.69) is 10.6 Å². The first-order valence-corrected chi connectivity index (χ1v) is 12.8. The number of carbonyl (C=O) groups is 3. The van der Waals surface area contributed by atoms with Crippen molar-refractivity contribution in [2.75, 3.05) is 17.0 Å². The lowest BCUT2D eigenvalue weighted by Crippen LogP contribution is -2.53. The summed E-state index contributed by atoms with van der Waals surface area (Å²) in [6.45, 7) is 2.06. The Morgan fingerprint density at radius 1 is 0.923 bits per heavy atom. The number of hydrogen-bond donors (Lipinski definition) is 4. The first-order valence-electron chi connectivity index (χ1n) is 12.8. The standard InChI is InChI=1S/C29H25N3O7/c1-2-14-3-6-18-17(9-14)29(28(37)30-18)25-24(19(31-29)10-15-4-7-20(33)21(34)11-15)26(35)32(27(25)36)16-5-8-22-23(12-16)39-13-38-22/h3-9,11-12,19,24-25,31,33-34H,2,10,13H2,1H3,(H,30,37)/t19-,24-,25-,29-/m1/s1. The van der Waals surface area contributed by atoms with Crippen LogP contribution in [0.15, 0.2) is 54.6 Å². The zero-order valence-electron chi connectivity index (χ0n) is 20.9. The Hall–Kier alpha value is -4.57. The number of aryl methyl sites for hydroxylation is 1. The van der Waals surface area contributed by atoms with Crippen molar-refractivity contribution in [1.29, 1.82) is 0 Å². The molecule has 10 nitrogen and oxygen atoms in total. The number of phenolic OH excluding ortho intramolecular Hbond substituents is 2. The molecule has 4 heterocycles. The van der Waals surface area contributed by atoms with Crippen molar-refractivity contribution in [2.45, 2.75) is 31.3 Å². The van der Waals surface area contributed by atoms with Crippen LogP contribution in [0.5, 0.6) is 23.0 Å². The van der Waals surface area contributed by atoms with Crippen LogP contribution in [0.25, 0.3) is 0 Å². The van der Waals surface area contributed by atoms with E-state index in [4.69, 9.17) is 9.47 Å². The maximum absolute atomic E-state index is 14.2. The summed E-state index contributed by atoms with van der Waals surface area (Å²) in [7, 11) is 0. The Balaban J connectivity index is 1.36. The number of rotatable bonds is 4. The molecule has 4 aliphatic heterocycles. The van der Waals surface area contributed by atoms with Crippen molar-refractivity contribution < 1.29 is 34.1 Å². The second-order valence-corrected chi connectivity index (χ2v) is 10.3. The van der Waals surface area contributed by atoms with Crippen LogP contribution in [0.2, 0.25) is 0 Å². The average molecular weight is 528 g/mol. The number of carbonyl (C=O) groups excluding carboxylic acids is 3. The Kier molecular flexibility index (Phi) is 4.96. The summed E-state index contributed by atoms with van der Waals surface area (Å²) in [5, 5.41) is 26.2. The lowest BCUT2D eigenvalue weighted by atomic mass is 9.76. The van der Waals surface area contributed by atoms with Crippen molar-refractivity contribution in [1.82, 2.24) is 5.32 Å². The van der Waals surface area contributed by atoms with Crippen LogP contribution in [0, 0.1) is 11.8 Å². The molecule has 10 heteroatoms. The van der Waals surface area contributed by atoms with Crippen LogP contribution in [-0.2, 0) is 32.8 Å². The highest BCUT2D eigenvalue weighted by atomic mass is 16.7. The second-order valence-electron chi connectivity index (χ2n) is 10.3. The third-order valence-corrected chi connectivity index (χ3v) is 8.30. The summed E-state index contributed by atoms with van der Waals surface area (Å²) >= 11 is 0. The summed E-state index contributed by atoms with van der Waals surface area (Å²) in [4.78, 5) is 43.2. The van der Waals surface area contributed by atoms with E-state index >= 15 is 0 Å². The Labute approximate surface area is 223 Å². The van der Waals surface area contributed by atoms with Crippen molar-refractivity contribution in [3.63, 3.8) is 0 Å². The van der Waals surface area contributed by atoms with E-state index in [1.165, 1.54) is 12.1 Å². The molecule has 2 saturated heterocycles. The van der Waals surface area contributed by atoms with Gasteiger partial charge in [0.05, 0.1) is 17.5 Å². The summed E-state index contributed by atoms with van der Waals surface area (Å²) < 4.78 is 10.9. The normalized spacial score (nSPS) is 26.3. The molecule has 0 aliphatic carbocycles. The number of imide groups is 1. The molecule has 0 saturated carbocycles. The number of aromatic hydroxyl groups is 2. The van der Waals surface area contributed by atoms with Gasteiger partial charge in [0.15, 0.2) is 23.0 Å². The number of benzene rings is 3. The highest BCUT2D eigenvalue weighted by Crippen LogP contribution is 2.54. The topological polar surface area (TPSA) is 137 Å². The quantitative estimate of drug-likeness (QED) is 0.300. The van der Waals surface area contributed by atoms with Crippen LogP contribution < -0.4 is 25.0 Å². The third-order valence-electron chi connectivity index (χ3n) is 8.30. The molecule has 3 amide bonds. The molecule has 3 aromatic carbocycles. The van der Waals surface area contributed by atoms with E-state index in [1.54, 1.807) is 24.3 Å². The van der Waals surface area contributed by atoms with E-state index in [1.807, 2.05) is 25.1 Å². The lowest BCUT2D eigenvalue weighted by Gasteiger charge is -2.30. The number of anilines is 2. The van der Waals surface area contributed by atoms with E-state index in [0.29, 0.717) is 34.0 Å². The zero-order chi connectivity index (χ0) is 27.1. The lowest BCUT2D eigenvalue weighted by molar-refractivity contribution is -0.130. The molecule has 198 valence electrons. The van der Waals surface area contributed by atoms with Gasteiger partial charge in [-0.1, -0.05) is 25.1 Å². The van der Waals surface area contributed by atoms with Gasteiger partial charge in [0.25, 0.3) is 0 Å². The minimum Gasteiger partial charge on any atom is -0.504 e. The molecule has 4 N–H and O–H groups in total. The van der Waals surface area contributed by atoms with Gasteiger partial charge in [0.1, 0.15) is 5.54 Å². The second kappa shape index (κ2) is 8.21. The fraction of sp³-hybridized carbons (Fsp3) is 0.276. The highest BCUT2D eigenvalue weighted by molar-refractivity contribution is 6.26. The number of fused-ring (bicyclic) bond motifs is 5. The van der Waals surface area contributed by atoms with Crippen molar-refractivity contribution in [3.8, 4) is 23.0 Å². The first-order chi connectivity index (χ1) is 18.8.